The van der Waals surface area contributed by atoms with E-state index in [-0.39, 0.29) is 24.3 Å². The average Bonchev–Trinajstić information content (AvgIpc) is 3.26. The largest absolute Gasteiger partial charge is 0.396 e. The Morgan fingerprint density at radius 3 is 2.71 bits per heavy atom. The lowest BCUT2D eigenvalue weighted by Gasteiger charge is -2.45. The van der Waals surface area contributed by atoms with Crippen molar-refractivity contribution in [2.75, 3.05) is 37.7 Å². The van der Waals surface area contributed by atoms with E-state index in [1.165, 1.54) is 19.3 Å². The summed E-state index contributed by atoms with van der Waals surface area (Å²) in [5, 5.41) is 25.4. The minimum atomic E-state index is -0.274. The fourth-order valence-corrected chi connectivity index (χ4v) is 6.07. The first-order valence-corrected chi connectivity index (χ1v) is 13.0. The molecule has 10 heteroatoms. The first kappa shape index (κ1) is 24.3. The second-order valence-electron chi connectivity index (χ2n) is 9.49. The van der Waals surface area contributed by atoms with Crippen LogP contribution in [0.25, 0.3) is 11.2 Å². The minimum Gasteiger partial charge on any atom is -0.396 e. The van der Waals surface area contributed by atoms with Crippen molar-refractivity contribution in [3.8, 4) is 6.07 Å². The van der Waals surface area contributed by atoms with E-state index in [4.69, 9.17) is 28.2 Å². The number of anilines is 1. The van der Waals surface area contributed by atoms with Gasteiger partial charge in [0.25, 0.3) is 0 Å². The molecular formula is C25H29Cl2N7O. The van der Waals surface area contributed by atoms with E-state index in [0.29, 0.717) is 27.3 Å². The fourth-order valence-electron chi connectivity index (χ4n) is 5.51. The van der Waals surface area contributed by atoms with Crippen molar-refractivity contribution in [3.05, 3.63) is 45.7 Å². The Kier molecular flexibility index (Phi) is 7.12. The number of benzene rings is 1. The fraction of sp³-hybridized carbons (Fsp3) is 0.520. The third-order valence-corrected chi connectivity index (χ3v) is 7.95. The number of halogens is 2. The molecule has 5 rings (SSSR count). The van der Waals surface area contributed by atoms with Crippen LogP contribution in [0, 0.1) is 17.2 Å². The predicted molar refractivity (Wildman–Crippen MR) is 137 cm³/mol. The number of rotatable bonds is 5. The van der Waals surface area contributed by atoms with Gasteiger partial charge < -0.3 is 10.0 Å². The summed E-state index contributed by atoms with van der Waals surface area (Å²) in [5.41, 5.74) is 2.07. The van der Waals surface area contributed by atoms with Crippen LogP contribution in [0.2, 0.25) is 10.0 Å². The van der Waals surface area contributed by atoms with Gasteiger partial charge in [-0.25, -0.2) is 14.6 Å². The first-order valence-electron chi connectivity index (χ1n) is 12.2. The highest BCUT2D eigenvalue weighted by Gasteiger charge is 2.34. The van der Waals surface area contributed by atoms with Gasteiger partial charge in [-0.1, -0.05) is 35.7 Å². The van der Waals surface area contributed by atoms with Crippen LogP contribution < -0.4 is 4.90 Å². The zero-order valence-corrected chi connectivity index (χ0v) is 21.3. The Bertz CT molecular complexity index is 1250. The lowest BCUT2D eigenvalue weighted by Crippen LogP contribution is -2.53. The van der Waals surface area contributed by atoms with Crippen LogP contribution >= 0.6 is 23.2 Å². The van der Waals surface area contributed by atoms with Crippen molar-refractivity contribution in [2.24, 2.45) is 5.92 Å². The van der Waals surface area contributed by atoms with E-state index in [2.05, 4.69) is 26.0 Å². The monoisotopic (exact) mass is 513 g/mol. The summed E-state index contributed by atoms with van der Waals surface area (Å²) in [6.45, 7) is 5.91. The normalized spacial score (nSPS) is 22.3. The highest BCUT2D eigenvalue weighted by atomic mass is 35.5. The van der Waals surface area contributed by atoms with Crippen LogP contribution in [0.3, 0.4) is 0 Å². The van der Waals surface area contributed by atoms with Gasteiger partial charge in [0.1, 0.15) is 17.4 Å². The maximum Gasteiger partial charge on any atom is 0.190 e. The van der Waals surface area contributed by atoms with Gasteiger partial charge in [0.15, 0.2) is 11.3 Å². The zero-order valence-electron chi connectivity index (χ0n) is 19.7. The standard InChI is InChI=1S/C25H29Cl2N7O/c1-16(19-6-5-18(26)11-20(19)27)34-25-24(21(12-28)31-34)29-13-23(30-25)33-10-7-22(17(14-33)15-35)32-8-3-2-4-9-32/h5-6,11,13,16-17,22,35H,2-4,7-10,14-15H2,1H3/t16-,17-,22?/m1/s1. The van der Waals surface area contributed by atoms with Gasteiger partial charge in [-0.05, 0) is 57.0 Å². The van der Waals surface area contributed by atoms with Crippen molar-refractivity contribution in [3.63, 3.8) is 0 Å². The second-order valence-corrected chi connectivity index (χ2v) is 10.3. The molecule has 184 valence electrons. The molecule has 2 aromatic heterocycles. The molecule has 8 nitrogen and oxygen atoms in total. The molecule has 2 aliphatic heterocycles. The minimum absolute atomic E-state index is 0.149. The van der Waals surface area contributed by atoms with Gasteiger partial charge in [0.2, 0.25) is 0 Å². The molecule has 2 fully saturated rings. The number of hydrogen-bond acceptors (Lipinski definition) is 7. The summed E-state index contributed by atoms with van der Waals surface area (Å²) in [4.78, 5) is 14.2. The summed E-state index contributed by atoms with van der Waals surface area (Å²) in [6.07, 6.45) is 6.46. The molecule has 0 bridgehead atoms. The molecular weight excluding hydrogens is 485 g/mol. The summed E-state index contributed by atoms with van der Waals surface area (Å²) in [5.74, 6) is 0.888. The molecule has 1 aromatic carbocycles. The Labute approximate surface area is 215 Å². The van der Waals surface area contributed by atoms with Gasteiger partial charge in [-0.3, -0.25) is 4.90 Å². The number of hydrogen-bond donors (Lipinski definition) is 1. The highest BCUT2D eigenvalue weighted by molar-refractivity contribution is 6.35. The van der Waals surface area contributed by atoms with Crippen molar-refractivity contribution in [1.29, 1.82) is 5.26 Å². The van der Waals surface area contributed by atoms with Crippen molar-refractivity contribution in [1.82, 2.24) is 24.6 Å². The zero-order chi connectivity index (χ0) is 24.5. The van der Waals surface area contributed by atoms with Crippen LogP contribution in [0.15, 0.2) is 24.4 Å². The number of likely N-dealkylation sites (tertiary alicyclic amines) is 1. The molecule has 0 amide bonds. The van der Waals surface area contributed by atoms with Crippen molar-refractivity contribution >= 4 is 40.2 Å². The smallest absolute Gasteiger partial charge is 0.190 e. The molecule has 0 saturated carbocycles. The molecule has 1 unspecified atom stereocenters. The highest BCUT2D eigenvalue weighted by Crippen LogP contribution is 2.32. The third kappa shape index (κ3) is 4.70. The molecule has 35 heavy (non-hydrogen) atoms. The van der Waals surface area contributed by atoms with Crippen LogP contribution in [0.1, 0.15) is 49.9 Å². The summed E-state index contributed by atoms with van der Waals surface area (Å²) >= 11 is 12.5. The third-order valence-electron chi connectivity index (χ3n) is 7.39. The Morgan fingerprint density at radius 2 is 2.00 bits per heavy atom. The predicted octanol–water partition coefficient (Wildman–Crippen LogP) is 4.29. The maximum atomic E-state index is 10.2. The SMILES string of the molecule is C[C@H](c1ccc(Cl)cc1Cl)n1nc(C#N)c2ncc(N3CCC(N4CCCCC4)[C@@H](CO)C3)nc21. The molecule has 0 spiro atoms. The molecule has 0 radical (unpaired) electrons. The number of fused-ring (bicyclic) bond motifs is 1. The van der Waals surface area contributed by atoms with Gasteiger partial charge in [0.05, 0.1) is 12.2 Å². The lowest BCUT2D eigenvalue weighted by atomic mass is 9.90. The van der Waals surface area contributed by atoms with E-state index in [0.717, 1.165) is 44.0 Å². The van der Waals surface area contributed by atoms with Crippen molar-refractivity contribution in [2.45, 2.75) is 44.7 Å². The van der Waals surface area contributed by atoms with E-state index in [1.54, 1.807) is 23.0 Å². The summed E-state index contributed by atoms with van der Waals surface area (Å²) < 4.78 is 1.71. The number of piperidine rings is 2. The molecule has 4 heterocycles. The van der Waals surface area contributed by atoms with Crippen molar-refractivity contribution < 1.29 is 5.11 Å². The van der Waals surface area contributed by atoms with Gasteiger partial charge in [-0.15, -0.1) is 0 Å². The van der Waals surface area contributed by atoms with E-state index in [9.17, 15) is 10.4 Å². The molecule has 1 N–H and O–H groups in total. The first-order chi connectivity index (χ1) is 17.0. The number of nitriles is 1. The van der Waals surface area contributed by atoms with Gasteiger partial charge in [-0.2, -0.15) is 10.4 Å². The van der Waals surface area contributed by atoms with Crippen LogP contribution in [0.4, 0.5) is 5.82 Å². The number of aliphatic hydroxyl groups excluding tert-OH is 1. The van der Waals surface area contributed by atoms with E-state index in [1.807, 2.05) is 13.0 Å². The van der Waals surface area contributed by atoms with E-state index >= 15 is 0 Å². The lowest BCUT2D eigenvalue weighted by molar-refractivity contribution is 0.0676. The Morgan fingerprint density at radius 1 is 1.20 bits per heavy atom. The van der Waals surface area contributed by atoms with E-state index < -0.39 is 0 Å². The number of aromatic nitrogens is 4. The van der Waals surface area contributed by atoms with Gasteiger partial charge in [0, 0.05) is 41.7 Å². The quantitative estimate of drug-likeness (QED) is 0.543. The topological polar surface area (TPSA) is 94.1 Å². The molecule has 3 atom stereocenters. The molecule has 3 aromatic rings. The second kappa shape index (κ2) is 10.3. The Balaban J connectivity index is 1.45. The maximum absolute atomic E-state index is 10.2. The number of aliphatic hydroxyl groups is 1. The Hall–Kier alpha value is -2.44. The number of nitrogens with zero attached hydrogens (tertiary/aromatic N) is 7. The molecule has 2 saturated heterocycles. The van der Waals surface area contributed by atoms with Crippen LogP contribution in [-0.2, 0) is 0 Å². The van der Waals surface area contributed by atoms with Gasteiger partial charge >= 0.3 is 0 Å². The summed E-state index contributed by atoms with van der Waals surface area (Å²) in [7, 11) is 0. The molecule has 0 aliphatic carbocycles. The average molecular weight is 514 g/mol. The molecule has 2 aliphatic rings. The van der Waals surface area contributed by atoms with Crippen LogP contribution in [0.5, 0.6) is 0 Å². The summed E-state index contributed by atoms with van der Waals surface area (Å²) in [6, 6.07) is 7.61. The van der Waals surface area contributed by atoms with Crippen LogP contribution in [-0.4, -0.2) is 68.6 Å².